The van der Waals surface area contributed by atoms with Gasteiger partial charge in [-0.2, -0.15) is 0 Å². The van der Waals surface area contributed by atoms with Crippen molar-refractivity contribution in [2.24, 2.45) is 0 Å². The van der Waals surface area contributed by atoms with Crippen molar-refractivity contribution in [2.45, 2.75) is 25.6 Å². The Balaban J connectivity index is 2.30. The van der Waals surface area contributed by atoms with Gasteiger partial charge in [-0.15, -0.1) is 0 Å². The van der Waals surface area contributed by atoms with Crippen LogP contribution in [0.5, 0.6) is 0 Å². The second kappa shape index (κ2) is 5.54. The zero-order valence-electron chi connectivity index (χ0n) is 8.15. The number of hydrogen-bond acceptors (Lipinski definition) is 4. The number of aliphatic hydroxyl groups excluding tert-OH is 2. The summed E-state index contributed by atoms with van der Waals surface area (Å²) in [7, 11) is 0. The Bertz CT molecular complexity index is 143. The van der Waals surface area contributed by atoms with E-state index >= 15 is 0 Å². The molecule has 13 heavy (non-hydrogen) atoms. The number of rotatable bonds is 3. The molecule has 2 N–H and O–H groups in total. The Morgan fingerprint density at radius 3 is 3.08 bits per heavy atom. The molecule has 0 saturated carbocycles. The first-order chi connectivity index (χ1) is 6.22. The molecule has 1 aliphatic heterocycles. The molecule has 2 atom stereocenters. The fraction of sp³-hybridized carbons (Fsp3) is 1.00. The number of aliphatic hydroxyl groups is 2. The van der Waals surface area contributed by atoms with Gasteiger partial charge in [0, 0.05) is 26.2 Å². The van der Waals surface area contributed by atoms with Crippen LogP contribution in [0.25, 0.3) is 0 Å². The maximum atomic E-state index is 9.26. The van der Waals surface area contributed by atoms with E-state index in [0.29, 0.717) is 6.54 Å². The van der Waals surface area contributed by atoms with E-state index in [0.717, 1.165) is 26.1 Å². The van der Waals surface area contributed by atoms with Crippen LogP contribution in [0.1, 0.15) is 13.3 Å². The highest BCUT2D eigenvalue weighted by atomic mass is 16.5. The Morgan fingerprint density at radius 2 is 2.38 bits per heavy atom. The van der Waals surface area contributed by atoms with Crippen molar-refractivity contribution in [3.8, 4) is 0 Å². The second-order valence-corrected chi connectivity index (χ2v) is 3.63. The highest BCUT2D eigenvalue weighted by Crippen LogP contribution is 2.05. The lowest BCUT2D eigenvalue weighted by atomic mass is 10.3. The molecule has 1 heterocycles. The van der Waals surface area contributed by atoms with Crippen molar-refractivity contribution < 1.29 is 14.9 Å². The van der Waals surface area contributed by atoms with Gasteiger partial charge in [-0.1, -0.05) is 0 Å². The quantitative estimate of drug-likeness (QED) is 0.625. The second-order valence-electron chi connectivity index (χ2n) is 3.63. The van der Waals surface area contributed by atoms with Gasteiger partial charge in [-0.3, -0.25) is 4.90 Å². The van der Waals surface area contributed by atoms with Crippen LogP contribution in [0.15, 0.2) is 0 Å². The average molecular weight is 189 g/mol. The van der Waals surface area contributed by atoms with E-state index in [9.17, 15) is 5.11 Å². The van der Waals surface area contributed by atoms with Gasteiger partial charge in [-0.25, -0.2) is 0 Å². The summed E-state index contributed by atoms with van der Waals surface area (Å²) in [5.41, 5.74) is 0. The molecule has 0 spiro atoms. The maximum absolute atomic E-state index is 9.26. The fourth-order valence-corrected chi connectivity index (χ4v) is 1.60. The molecule has 78 valence electrons. The first-order valence-corrected chi connectivity index (χ1v) is 4.85. The van der Waals surface area contributed by atoms with E-state index in [1.807, 2.05) is 6.92 Å². The Morgan fingerprint density at radius 1 is 1.62 bits per heavy atom. The van der Waals surface area contributed by atoms with Crippen molar-refractivity contribution in [1.29, 1.82) is 0 Å². The van der Waals surface area contributed by atoms with Crippen molar-refractivity contribution in [2.75, 3.05) is 32.8 Å². The van der Waals surface area contributed by atoms with E-state index < -0.39 is 6.10 Å². The van der Waals surface area contributed by atoms with Crippen LogP contribution >= 0.6 is 0 Å². The van der Waals surface area contributed by atoms with E-state index in [1.165, 1.54) is 0 Å². The van der Waals surface area contributed by atoms with Gasteiger partial charge in [0.15, 0.2) is 0 Å². The Labute approximate surface area is 79.1 Å². The van der Waals surface area contributed by atoms with Gasteiger partial charge in [0.2, 0.25) is 0 Å². The summed E-state index contributed by atoms with van der Waals surface area (Å²) in [6, 6.07) is 0. The van der Waals surface area contributed by atoms with Crippen LogP contribution in [0.3, 0.4) is 0 Å². The van der Waals surface area contributed by atoms with Gasteiger partial charge in [-0.05, 0) is 13.3 Å². The number of β-amino-alcohol motifs (C(OH)–C–C–N with tert-alkyl or cyclic N) is 1. The maximum Gasteiger partial charge on any atom is 0.0897 e. The van der Waals surface area contributed by atoms with Crippen LogP contribution in [0.2, 0.25) is 0 Å². The predicted molar refractivity (Wildman–Crippen MR) is 49.6 cm³/mol. The zero-order valence-corrected chi connectivity index (χ0v) is 8.15. The SMILES string of the molecule is CC1CN(CC(O)CO)CCCO1. The van der Waals surface area contributed by atoms with E-state index in [-0.39, 0.29) is 12.7 Å². The number of ether oxygens (including phenoxy) is 1. The van der Waals surface area contributed by atoms with Crippen LogP contribution in [0, 0.1) is 0 Å². The molecule has 1 rings (SSSR count). The lowest BCUT2D eigenvalue weighted by molar-refractivity contribution is 0.0395. The van der Waals surface area contributed by atoms with Crippen LogP contribution in [-0.2, 0) is 4.74 Å². The predicted octanol–water partition coefficient (Wildman–Crippen LogP) is -0.550. The van der Waals surface area contributed by atoms with Gasteiger partial charge in [0.25, 0.3) is 0 Å². The normalized spacial score (nSPS) is 28.4. The molecule has 0 aromatic heterocycles. The van der Waals surface area contributed by atoms with Gasteiger partial charge in [0.1, 0.15) is 0 Å². The minimum Gasteiger partial charge on any atom is -0.394 e. The topological polar surface area (TPSA) is 52.9 Å². The Hall–Kier alpha value is -0.160. The minimum absolute atomic E-state index is 0.161. The summed E-state index contributed by atoms with van der Waals surface area (Å²) in [5, 5.41) is 17.9. The standard InChI is InChI=1S/C9H19NO3/c1-8-5-10(3-2-4-13-8)6-9(12)7-11/h8-9,11-12H,2-7H2,1H3. The third-order valence-electron chi connectivity index (χ3n) is 2.22. The molecule has 2 unspecified atom stereocenters. The van der Waals surface area contributed by atoms with Gasteiger partial charge >= 0.3 is 0 Å². The number of nitrogens with zero attached hydrogens (tertiary/aromatic N) is 1. The van der Waals surface area contributed by atoms with Crippen molar-refractivity contribution in [3.63, 3.8) is 0 Å². The van der Waals surface area contributed by atoms with Gasteiger partial charge in [0.05, 0.1) is 18.8 Å². The molecule has 0 aromatic rings. The number of hydrogen-bond donors (Lipinski definition) is 2. The molecule has 1 fully saturated rings. The molecular weight excluding hydrogens is 170 g/mol. The first kappa shape index (κ1) is 10.9. The monoisotopic (exact) mass is 189 g/mol. The van der Waals surface area contributed by atoms with E-state index in [4.69, 9.17) is 9.84 Å². The first-order valence-electron chi connectivity index (χ1n) is 4.85. The molecule has 0 amide bonds. The molecule has 1 saturated heterocycles. The minimum atomic E-state index is -0.620. The van der Waals surface area contributed by atoms with E-state index in [1.54, 1.807) is 0 Å². The van der Waals surface area contributed by atoms with Crippen molar-refractivity contribution in [3.05, 3.63) is 0 Å². The summed E-state index contributed by atoms with van der Waals surface area (Å²) in [4.78, 5) is 2.14. The summed E-state index contributed by atoms with van der Waals surface area (Å²) >= 11 is 0. The molecule has 4 heteroatoms. The molecular formula is C9H19NO3. The third-order valence-corrected chi connectivity index (χ3v) is 2.22. The molecule has 1 aliphatic rings. The summed E-state index contributed by atoms with van der Waals surface area (Å²) in [5.74, 6) is 0. The van der Waals surface area contributed by atoms with Crippen LogP contribution in [0.4, 0.5) is 0 Å². The summed E-state index contributed by atoms with van der Waals surface area (Å²) in [6.07, 6.45) is 0.612. The third kappa shape index (κ3) is 4.04. The van der Waals surface area contributed by atoms with Crippen molar-refractivity contribution in [1.82, 2.24) is 4.90 Å². The van der Waals surface area contributed by atoms with Gasteiger partial charge < -0.3 is 14.9 Å². The van der Waals surface area contributed by atoms with Crippen LogP contribution in [-0.4, -0.2) is 60.2 Å². The molecule has 0 radical (unpaired) electrons. The molecule has 0 bridgehead atoms. The zero-order chi connectivity index (χ0) is 9.68. The Kier molecular flexibility index (Phi) is 4.66. The van der Waals surface area contributed by atoms with Crippen LogP contribution < -0.4 is 0 Å². The highest BCUT2D eigenvalue weighted by molar-refractivity contribution is 4.69. The largest absolute Gasteiger partial charge is 0.394 e. The summed E-state index contributed by atoms with van der Waals surface area (Å²) < 4.78 is 5.46. The molecule has 0 aliphatic carbocycles. The lowest BCUT2D eigenvalue weighted by Crippen LogP contribution is -2.37. The molecule has 0 aromatic carbocycles. The smallest absolute Gasteiger partial charge is 0.0897 e. The fourth-order valence-electron chi connectivity index (χ4n) is 1.60. The molecule has 4 nitrogen and oxygen atoms in total. The lowest BCUT2D eigenvalue weighted by Gasteiger charge is -2.23. The highest BCUT2D eigenvalue weighted by Gasteiger charge is 2.16. The summed E-state index contributed by atoms with van der Waals surface area (Å²) in [6.45, 7) is 5.00. The van der Waals surface area contributed by atoms with E-state index in [2.05, 4.69) is 4.90 Å². The van der Waals surface area contributed by atoms with Crippen molar-refractivity contribution >= 4 is 0 Å². The average Bonchev–Trinajstić information content (AvgIpc) is 2.30.